The van der Waals surface area contributed by atoms with Crippen LogP contribution in [-0.2, 0) is 9.59 Å². The van der Waals surface area contributed by atoms with E-state index in [0.717, 1.165) is 10.6 Å². The van der Waals surface area contributed by atoms with Crippen LogP contribution >= 0.6 is 0 Å². The number of rotatable bonds is 8. The lowest BCUT2D eigenvalue weighted by atomic mass is 9.98. The van der Waals surface area contributed by atoms with Gasteiger partial charge in [0.2, 0.25) is 5.91 Å². The highest BCUT2D eigenvalue weighted by Crippen LogP contribution is 2.32. The summed E-state index contributed by atoms with van der Waals surface area (Å²) >= 11 is 0. The third-order valence-corrected chi connectivity index (χ3v) is 5.80. The van der Waals surface area contributed by atoms with E-state index in [1.165, 1.54) is 13.3 Å². The highest BCUT2D eigenvalue weighted by Gasteiger charge is 2.43. The summed E-state index contributed by atoms with van der Waals surface area (Å²) in [6.07, 6.45) is 3.77. The molecule has 1 atom stereocenters. The Bertz CT molecular complexity index is 1130. The van der Waals surface area contributed by atoms with Gasteiger partial charge in [0.1, 0.15) is 12.3 Å². The number of amides is 3. The molecule has 35 heavy (non-hydrogen) atoms. The second-order valence-electron chi connectivity index (χ2n) is 9.59. The molecule has 0 spiro atoms. The Labute approximate surface area is 205 Å². The number of nitrogens with zero attached hydrogens (tertiary/aromatic N) is 2. The summed E-state index contributed by atoms with van der Waals surface area (Å²) in [6.45, 7) is 7.41. The standard InChI is InChI=1S/C26H31N5O4/c1-26(2,3)29-14-17(13-27)7-8-18-15-30(16-18)19-9-10-20-21(12-19)25(35)31(24(20)34)22(6-5-11-32)23(33)28-4/h9-14,18,22,27,29H,5-6,15-16H2,1-4H3,(H,28,33)/b17-14-,27-13?. The van der Waals surface area contributed by atoms with Crippen LogP contribution in [0, 0.1) is 23.2 Å². The highest BCUT2D eigenvalue weighted by molar-refractivity contribution is 6.23. The molecule has 3 rings (SSSR count). The first kappa shape index (κ1) is 25.7. The van der Waals surface area contributed by atoms with Crippen LogP contribution in [0.2, 0.25) is 0 Å². The summed E-state index contributed by atoms with van der Waals surface area (Å²) in [4.78, 5) is 52.2. The summed E-state index contributed by atoms with van der Waals surface area (Å²) in [5, 5.41) is 13.2. The van der Waals surface area contributed by atoms with Crippen molar-refractivity contribution in [3.05, 3.63) is 41.1 Å². The fraction of sp³-hybridized carbons (Fsp3) is 0.423. The second kappa shape index (κ2) is 10.6. The predicted molar refractivity (Wildman–Crippen MR) is 133 cm³/mol. The van der Waals surface area contributed by atoms with E-state index >= 15 is 0 Å². The fourth-order valence-electron chi connectivity index (χ4n) is 3.87. The van der Waals surface area contributed by atoms with E-state index < -0.39 is 23.8 Å². The van der Waals surface area contributed by atoms with Gasteiger partial charge < -0.3 is 25.7 Å². The topological polar surface area (TPSA) is 123 Å². The first-order valence-corrected chi connectivity index (χ1v) is 11.5. The Morgan fingerprint density at radius 1 is 1.23 bits per heavy atom. The van der Waals surface area contributed by atoms with Crippen molar-refractivity contribution in [3.63, 3.8) is 0 Å². The number of imide groups is 1. The number of allylic oxidation sites excluding steroid dienone is 1. The lowest BCUT2D eigenvalue weighted by Crippen LogP contribution is -2.48. The molecule has 0 bridgehead atoms. The molecule has 1 saturated heterocycles. The van der Waals surface area contributed by atoms with Gasteiger partial charge in [-0.1, -0.05) is 11.8 Å². The quantitative estimate of drug-likeness (QED) is 0.227. The summed E-state index contributed by atoms with van der Waals surface area (Å²) in [7, 11) is 1.43. The molecule has 9 nitrogen and oxygen atoms in total. The van der Waals surface area contributed by atoms with Crippen molar-refractivity contribution in [3.8, 4) is 11.8 Å². The van der Waals surface area contributed by atoms with Gasteiger partial charge in [-0.05, 0) is 45.4 Å². The molecule has 0 radical (unpaired) electrons. The van der Waals surface area contributed by atoms with Crippen LogP contribution in [0.4, 0.5) is 5.69 Å². The Balaban J connectivity index is 1.71. The molecule has 9 heteroatoms. The van der Waals surface area contributed by atoms with E-state index in [-0.39, 0.29) is 35.4 Å². The number of carbonyl (C=O) groups is 4. The van der Waals surface area contributed by atoms with Crippen molar-refractivity contribution in [2.24, 2.45) is 5.92 Å². The minimum atomic E-state index is -1.03. The fourth-order valence-corrected chi connectivity index (χ4v) is 3.87. The van der Waals surface area contributed by atoms with Gasteiger partial charge in [0.05, 0.1) is 22.6 Å². The Morgan fingerprint density at radius 2 is 1.91 bits per heavy atom. The number of fused-ring (bicyclic) bond motifs is 1. The molecule has 1 aromatic rings. The van der Waals surface area contributed by atoms with E-state index in [1.807, 2.05) is 20.8 Å². The van der Waals surface area contributed by atoms with Crippen molar-refractivity contribution in [2.75, 3.05) is 25.0 Å². The molecule has 1 fully saturated rings. The molecule has 2 aliphatic heterocycles. The molecule has 0 aliphatic carbocycles. The zero-order valence-corrected chi connectivity index (χ0v) is 20.5. The average Bonchev–Trinajstić information content (AvgIpc) is 3.04. The summed E-state index contributed by atoms with van der Waals surface area (Å²) < 4.78 is 0. The zero-order chi connectivity index (χ0) is 25.8. The molecule has 2 heterocycles. The molecule has 1 aromatic carbocycles. The zero-order valence-electron chi connectivity index (χ0n) is 20.5. The molecule has 184 valence electrons. The Kier molecular flexibility index (Phi) is 7.75. The van der Waals surface area contributed by atoms with E-state index in [9.17, 15) is 19.2 Å². The molecule has 0 saturated carbocycles. The minimum Gasteiger partial charge on any atom is -0.385 e. The van der Waals surface area contributed by atoms with Crippen molar-refractivity contribution >= 4 is 35.9 Å². The predicted octanol–water partition coefficient (Wildman–Crippen LogP) is 1.74. The lowest BCUT2D eigenvalue weighted by molar-refractivity contribution is -0.124. The lowest BCUT2D eigenvalue weighted by Gasteiger charge is -2.38. The van der Waals surface area contributed by atoms with E-state index in [2.05, 4.69) is 27.4 Å². The van der Waals surface area contributed by atoms with Crippen LogP contribution in [-0.4, -0.2) is 66.8 Å². The van der Waals surface area contributed by atoms with Crippen LogP contribution < -0.4 is 15.5 Å². The summed E-state index contributed by atoms with van der Waals surface area (Å²) in [5.74, 6) is 4.79. The van der Waals surface area contributed by atoms with Gasteiger partial charge in [-0.3, -0.25) is 19.3 Å². The van der Waals surface area contributed by atoms with Gasteiger partial charge in [0.15, 0.2) is 0 Å². The van der Waals surface area contributed by atoms with Gasteiger partial charge in [-0.15, -0.1) is 0 Å². The molecule has 1 unspecified atom stereocenters. The first-order chi connectivity index (χ1) is 16.6. The van der Waals surface area contributed by atoms with Gasteiger partial charge in [-0.2, -0.15) is 0 Å². The molecular weight excluding hydrogens is 446 g/mol. The SMILES string of the molecule is CNC(=O)C(CCC=O)N1C(=O)c2ccc(N3CC(C#C/C(C=N)=C/NC(C)(C)C)C3)cc2C1=O. The van der Waals surface area contributed by atoms with Crippen LogP contribution in [0.25, 0.3) is 0 Å². The normalized spacial score (nSPS) is 16.6. The number of carbonyl (C=O) groups excluding carboxylic acids is 4. The molecule has 0 aromatic heterocycles. The van der Waals surface area contributed by atoms with Crippen LogP contribution in [0.5, 0.6) is 0 Å². The molecule has 2 aliphatic rings. The number of benzene rings is 1. The van der Waals surface area contributed by atoms with E-state index in [4.69, 9.17) is 5.41 Å². The minimum absolute atomic E-state index is 0.0636. The first-order valence-electron chi connectivity index (χ1n) is 11.5. The maximum atomic E-state index is 13.1. The second-order valence-corrected chi connectivity index (χ2v) is 9.59. The van der Waals surface area contributed by atoms with Crippen molar-refractivity contribution in [1.29, 1.82) is 5.41 Å². The monoisotopic (exact) mass is 477 g/mol. The van der Waals surface area contributed by atoms with Crippen LogP contribution in [0.15, 0.2) is 30.0 Å². The van der Waals surface area contributed by atoms with Crippen molar-refractivity contribution < 1.29 is 19.2 Å². The van der Waals surface area contributed by atoms with Crippen molar-refractivity contribution in [1.82, 2.24) is 15.5 Å². The Morgan fingerprint density at radius 3 is 2.51 bits per heavy atom. The number of hydrogen-bond donors (Lipinski definition) is 3. The largest absolute Gasteiger partial charge is 0.385 e. The number of likely N-dealkylation sites (N-methyl/N-ethyl adjacent to an activating group) is 1. The van der Waals surface area contributed by atoms with Gasteiger partial charge in [0.25, 0.3) is 11.8 Å². The van der Waals surface area contributed by atoms with Crippen LogP contribution in [0.3, 0.4) is 0 Å². The molecule has 3 amide bonds. The van der Waals surface area contributed by atoms with Gasteiger partial charge in [-0.25, -0.2) is 0 Å². The summed E-state index contributed by atoms with van der Waals surface area (Å²) in [6, 6.07) is 4.04. The number of anilines is 1. The number of hydrogen-bond acceptors (Lipinski definition) is 7. The Hall–Kier alpha value is -3.93. The van der Waals surface area contributed by atoms with Crippen molar-refractivity contribution in [2.45, 2.75) is 45.2 Å². The van der Waals surface area contributed by atoms with Gasteiger partial charge in [0, 0.05) is 50.2 Å². The highest BCUT2D eigenvalue weighted by atomic mass is 16.2. The number of aldehydes is 1. The average molecular weight is 478 g/mol. The maximum absolute atomic E-state index is 13.1. The van der Waals surface area contributed by atoms with Crippen LogP contribution in [0.1, 0.15) is 54.3 Å². The van der Waals surface area contributed by atoms with Gasteiger partial charge >= 0.3 is 0 Å². The third kappa shape index (κ3) is 5.77. The molecular formula is C26H31N5O4. The third-order valence-electron chi connectivity index (χ3n) is 5.80. The van der Waals surface area contributed by atoms with E-state index in [1.54, 1.807) is 24.4 Å². The molecule has 3 N–H and O–H groups in total. The smallest absolute Gasteiger partial charge is 0.262 e. The summed E-state index contributed by atoms with van der Waals surface area (Å²) in [5.41, 5.74) is 1.79. The van der Waals surface area contributed by atoms with E-state index in [0.29, 0.717) is 24.9 Å². The maximum Gasteiger partial charge on any atom is 0.262 e. The number of nitrogens with one attached hydrogen (secondary N) is 3.